The summed E-state index contributed by atoms with van der Waals surface area (Å²) in [6.07, 6.45) is -3.76. The van der Waals surface area contributed by atoms with Crippen LogP contribution in [0, 0.1) is 0 Å². The predicted octanol–water partition coefficient (Wildman–Crippen LogP) is 2.91. The van der Waals surface area contributed by atoms with E-state index >= 15 is 0 Å². The molecule has 1 fully saturated rings. The normalized spacial score (nSPS) is 16.3. The predicted molar refractivity (Wildman–Crippen MR) is 61.2 cm³/mol. The number of carbonyl (C=O) groups is 2. The Morgan fingerprint density at radius 2 is 1.84 bits per heavy atom. The number of amides is 2. The number of halogens is 4. The Balaban J connectivity index is 2.23. The summed E-state index contributed by atoms with van der Waals surface area (Å²) in [5.41, 5.74) is -0.985. The van der Waals surface area contributed by atoms with Crippen LogP contribution < -0.4 is 0 Å². The molecule has 2 rings (SSSR count). The molecule has 2 amide bonds. The van der Waals surface area contributed by atoms with Crippen LogP contribution in [0.25, 0.3) is 0 Å². The summed E-state index contributed by atoms with van der Waals surface area (Å²) in [5.74, 6) is -0.819. The third kappa shape index (κ3) is 3.01. The number of alkyl halides is 3. The van der Waals surface area contributed by atoms with E-state index in [-0.39, 0.29) is 22.9 Å². The third-order valence-electron chi connectivity index (χ3n) is 2.32. The van der Waals surface area contributed by atoms with E-state index in [1.54, 1.807) is 0 Å². The number of carbonyl (C=O) groups excluding carboxylic acids is 2. The van der Waals surface area contributed by atoms with Gasteiger partial charge in [0.25, 0.3) is 0 Å². The summed E-state index contributed by atoms with van der Waals surface area (Å²) >= 11 is 6.31. The van der Waals surface area contributed by atoms with Crippen LogP contribution >= 0.6 is 23.5 Å². The van der Waals surface area contributed by atoms with Crippen molar-refractivity contribution in [3.8, 4) is 0 Å². The molecule has 9 heteroatoms. The van der Waals surface area contributed by atoms with Crippen molar-refractivity contribution in [3.05, 3.63) is 22.8 Å². The van der Waals surface area contributed by atoms with E-state index in [1.807, 2.05) is 0 Å². The number of aromatic nitrogens is 1. The molecule has 0 aliphatic carbocycles. The molecule has 2 heterocycles. The molecule has 1 aliphatic rings. The first kappa shape index (κ1) is 14.1. The first-order valence-corrected chi connectivity index (χ1v) is 6.20. The number of imide groups is 1. The zero-order valence-electron chi connectivity index (χ0n) is 9.20. The van der Waals surface area contributed by atoms with Crippen molar-refractivity contribution < 1.29 is 22.8 Å². The summed E-state index contributed by atoms with van der Waals surface area (Å²) < 4.78 is 38.1. The molecule has 0 unspecified atom stereocenters. The Kier molecular flexibility index (Phi) is 3.73. The molecule has 0 saturated carbocycles. The van der Waals surface area contributed by atoms with Crippen molar-refractivity contribution in [1.82, 2.24) is 9.29 Å². The van der Waals surface area contributed by atoms with E-state index in [0.717, 1.165) is 4.31 Å². The van der Waals surface area contributed by atoms with Crippen molar-refractivity contribution in [2.24, 2.45) is 0 Å². The van der Waals surface area contributed by atoms with Gasteiger partial charge in [-0.25, -0.2) is 9.29 Å². The van der Waals surface area contributed by atoms with Crippen LogP contribution in [0.1, 0.15) is 18.4 Å². The second-order valence-electron chi connectivity index (χ2n) is 3.68. The van der Waals surface area contributed by atoms with Crippen molar-refractivity contribution in [3.63, 3.8) is 0 Å². The van der Waals surface area contributed by atoms with Gasteiger partial charge in [0.1, 0.15) is 5.03 Å². The lowest BCUT2D eigenvalue weighted by atomic mass is 10.3. The highest BCUT2D eigenvalue weighted by atomic mass is 35.5. The molecule has 0 atom stereocenters. The molecule has 1 aromatic heterocycles. The molecule has 0 N–H and O–H groups in total. The van der Waals surface area contributed by atoms with Crippen LogP contribution in [-0.4, -0.2) is 21.1 Å². The second-order valence-corrected chi connectivity index (χ2v) is 5.02. The first-order chi connectivity index (χ1) is 8.79. The summed E-state index contributed by atoms with van der Waals surface area (Å²) in [4.78, 5) is 26.3. The van der Waals surface area contributed by atoms with Crippen molar-refractivity contribution in [2.45, 2.75) is 24.0 Å². The summed E-state index contributed by atoms with van der Waals surface area (Å²) in [5, 5.41) is -0.273. The standard InChI is InChI=1S/C10H6ClF3N2O2S/c11-6-3-5(10(12,13)14)4-15-9(6)19-16-7(17)1-2-8(16)18/h3-4H,1-2H2. The van der Waals surface area contributed by atoms with E-state index in [4.69, 9.17) is 11.6 Å². The Hall–Kier alpha value is -1.28. The lowest BCUT2D eigenvalue weighted by Gasteiger charge is -2.13. The number of rotatable bonds is 2. The smallest absolute Gasteiger partial charge is 0.273 e. The fourth-order valence-corrected chi connectivity index (χ4v) is 2.47. The highest BCUT2D eigenvalue weighted by Crippen LogP contribution is 2.36. The highest BCUT2D eigenvalue weighted by Gasteiger charge is 2.34. The Labute approximate surface area is 115 Å². The van der Waals surface area contributed by atoms with Crippen LogP contribution in [0.2, 0.25) is 5.02 Å². The maximum absolute atomic E-state index is 12.4. The Bertz CT molecular complexity index is 534. The van der Waals surface area contributed by atoms with Crippen LogP contribution in [-0.2, 0) is 15.8 Å². The van der Waals surface area contributed by atoms with Crippen molar-refractivity contribution >= 4 is 35.4 Å². The number of hydrogen-bond acceptors (Lipinski definition) is 4. The van der Waals surface area contributed by atoms with Gasteiger partial charge in [-0.05, 0) is 6.07 Å². The largest absolute Gasteiger partial charge is 0.417 e. The molecule has 4 nitrogen and oxygen atoms in total. The van der Waals surface area contributed by atoms with Crippen LogP contribution in [0.4, 0.5) is 13.2 Å². The van der Waals surface area contributed by atoms with Gasteiger partial charge in [0.15, 0.2) is 0 Å². The first-order valence-electron chi connectivity index (χ1n) is 5.05. The molecule has 1 aliphatic heterocycles. The average Bonchev–Trinajstić information content (AvgIpc) is 2.62. The lowest BCUT2D eigenvalue weighted by molar-refractivity contribution is -0.138. The molecule has 0 bridgehead atoms. The highest BCUT2D eigenvalue weighted by molar-refractivity contribution is 7.98. The minimum atomic E-state index is -4.54. The zero-order valence-corrected chi connectivity index (χ0v) is 10.8. The fourth-order valence-electron chi connectivity index (χ4n) is 1.39. The molecule has 0 radical (unpaired) electrons. The van der Waals surface area contributed by atoms with E-state index in [2.05, 4.69) is 4.98 Å². The van der Waals surface area contributed by atoms with Gasteiger partial charge in [0.2, 0.25) is 11.8 Å². The third-order valence-corrected chi connectivity index (χ3v) is 3.81. The van der Waals surface area contributed by atoms with E-state index in [0.29, 0.717) is 24.2 Å². The van der Waals surface area contributed by atoms with Crippen LogP contribution in [0.15, 0.2) is 17.3 Å². The zero-order chi connectivity index (χ0) is 14.2. The van der Waals surface area contributed by atoms with E-state index in [9.17, 15) is 22.8 Å². The van der Waals surface area contributed by atoms with Gasteiger partial charge in [-0.15, -0.1) is 0 Å². The van der Waals surface area contributed by atoms with Crippen LogP contribution in [0.3, 0.4) is 0 Å². The average molecular weight is 311 g/mol. The fraction of sp³-hybridized carbons (Fsp3) is 0.300. The van der Waals surface area contributed by atoms with Gasteiger partial charge in [0.05, 0.1) is 10.6 Å². The van der Waals surface area contributed by atoms with Crippen molar-refractivity contribution in [2.75, 3.05) is 0 Å². The quantitative estimate of drug-likeness (QED) is 0.622. The lowest BCUT2D eigenvalue weighted by Crippen LogP contribution is -2.21. The van der Waals surface area contributed by atoms with E-state index in [1.165, 1.54) is 0 Å². The maximum Gasteiger partial charge on any atom is 0.417 e. The van der Waals surface area contributed by atoms with Crippen LogP contribution in [0.5, 0.6) is 0 Å². The molecular formula is C10H6ClF3N2O2S. The van der Waals surface area contributed by atoms with Gasteiger partial charge >= 0.3 is 6.18 Å². The van der Waals surface area contributed by atoms with E-state index < -0.39 is 23.6 Å². The van der Waals surface area contributed by atoms with Gasteiger partial charge in [0, 0.05) is 31.0 Å². The summed E-state index contributed by atoms with van der Waals surface area (Å²) in [7, 11) is 0. The molecular weight excluding hydrogens is 305 g/mol. The summed E-state index contributed by atoms with van der Waals surface area (Å²) in [6, 6.07) is 0.710. The maximum atomic E-state index is 12.4. The van der Waals surface area contributed by atoms with Gasteiger partial charge in [-0.1, -0.05) is 11.6 Å². The molecule has 0 spiro atoms. The Morgan fingerprint density at radius 1 is 1.26 bits per heavy atom. The number of pyridine rings is 1. The monoisotopic (exact) mass is 310 g/mol. The van der Waals surface area contributed by atoms with Gasteiger partial charge in [-0.3, -0.25) is 9.59 Å². The summed E-state index contributed by atoms with van der Waals surface area (Å²) in [6.45, 7) is 0. The molecule has 1 saturated heterocycles. The van der Waals surface area contributed by atoms with Gasteiger partial charge < -0.3 is 0 Å². The van der Waals surface area contributed by atoms with Gasteiger partial charge in [-0.2, -0.15) is 13.2 Å². The Morgan fingerprint density at radius 3 is 2.32 bits per heavy atom. The van der Waals surface area contributed by atoms with Crippen molar-refractivity contribution in [1.29, 1.82) is 0 Å². The second kappa shape index (κ2) is 5.01. The minimum absolute atomic E-state index is 0.0155. The molecule has 1 aromatic rings. The minimum Gasteiger partial charge on any atom is -0.273 e. The topological polar surface area (TPSA) is 50.3 Å². The SMILES string of the molecule is O=C1CCC(=O)N1Sc1ncc(C(F)(F)F)cc1Cl. The molecule has 0 aromatic carbocycles. The number of nitrogens with zero attached hydrogens (tertiary/aromatic N) is 2. The molecule has 19 heavy (non-hydrogen) atoms. The number of hydrogen-bond donors (Lipinski definition) is 0. The molecule has 102 valence electrons.